The third kappa shape index (κ3) is 3.68. The zero-order valence-electron chi connectivity index (χ0n) is 13.8. The van der Waals surface area contributed by atoms with E-state index in [1.54, 1.807) is 23.5 Å². The Kier molecular flexibility index (Phi) is 5.60. The van der Waals surface area contributed by atoms with Crippen molar-refractivity contribution >= 4 is 10.0 Å². The molecule has 1 aliphatic heterocycles. The number of methoxy groups -OCH3 is 1. The Morgan fingerprint density at radius 3 is 2.18 bits per heavy atom. The molecule has 1 aromatic carbocycles. The third-order valence-corrected chi connectivity index (χ3v) is 6.13. The monoisotopic (exact) mass is 326 g/mol. The van der Waals surface area contributed by atoms with Crippen LogP contribution in [0.4, 0.5) is 0 Å². The topological polar surface area (TPSA) is 49.9 Å². The SMILES string of the molecule is COCCN1[C@H](C)CN(S(=O)(=O)c2ccc(C)cc2)C[C@H]1C. The van der Waals surface area contributed by atoms with Gasteiger partial charge in [-0.25, -0.2) is 8.42 Å². The Labute approximate surface area is 133 Å². The predicted molar refractivity (Wildman–Crippen MR) is 87.4 cm³/mol. The van der Waals surface area contributed by atoms with Gasteiger partial charge < -0.3 is 4.74 Å². The molecule has 2 atom stereocenters. The van der Waals surface area contributed by atoms with Crippen LogP contribution in [0, 0.1) is 6.92 Å². The zero-order valence-corrected chi connectivity index (χ0v) is 14.6. The van der Waals surface area contributed by atoms with E-state index in [-0.39, 0.29) is 12.1 Å². The maximum absolute atomic E-state index is 12.8. The molecule has 5 nitrogen and oxygen atoms in total. The van der Waals surface area contributed by atoms with Crippen LogP contribution in [-0.2, 0) is 14.8 Å². The van der Waals surface area contributed by atoms with Crippen LogP contribution in [0.5, 0.6) is 0 Å². The summed E-state index contributed by atoms with van der Waals surface area (Å²) in [7, 11) is -1.73. The summed E-state index contributed by atoms with van der Waals surface area (Å²) in [5.41, 5.74) is 1.06. The first kappa shape index (κ1) is 17.4. The number of hydrogen-bond donors (Lipinski definition) is 0. The van der Waals surface area contributed by atoms with Crippen molar-refractivity contribution < 1.29 is 13.2 Å². The molecule has 0 N–H and O–H groups in total. The van der Waals surface area contributed by atoms with Crippen LogP contribution >= 0.6 is 0 Å². The molecule has 2 rings (SSSR count). The van der Waals surface area contributed by atoms with Crippen molar-refractivity contribution in [2.24, 2.45) is 0 Å². The quantitative estimate of drug-likeness (QED) is 0.827. The van der Waals surface area contributed by atoms with Gasteiger partial charge in [0.25, 0.3) is 0 Å². The molecule has 1 aromatic rings. The van der Waals surface area contributed by atoms with Crippen LogP contribution < -0.4 is 0 Å². The lowest BCUT2D eigenvalue weighted by molar-refractivity contribution is 0.0496. The molecule has 22 heavy (non-hydrogen) atoms. The summed E-state index contributed by atoms with van der Waals surface area (Å²) in [4.78, 5) is 2.69. The highest BCUT2D eigenvalue weighted by Crippen LogP contribution is 2.23. The van der Waals surface area contributed by atoms with Crippen molar-refractivity contribution in [2.45, 2.75) is 37.8 Å². The van der Waals surface area contributed by atoms with Crippen LogP contribution in [0.25, 0.3) is 0 Å². The average molecular weight is 326 g/mol. The van der Waals surface area contributed by atoms with E-state index in [9.17, 15) is 8.42 Å². The Bertz CT molecular complexity index is 574. The lowest BCUT2D eigenvalue weighted by atomic mass is 10.1. The Morgan fingerprint density at radius 2 is 1.68 bits per heavy atom. The highest BCUT2D eigenvalue weighted by atomic mass is 32.2. The van der Waals surface area contributed by atoms with Crippen molar-refractivity contribution in [1.82, 2.24) is 9.21 Å². The number of ether oxygens (including phenoxy) is 1. The Hall–Kier alpha value is -0.950. The minimum atomic E-state index is -3.41. The normalized spacial score (nSPS) is 24.5. The molecule has 0 bridgehead atoms. The van der Waals surface area contributed by atoms with Crippen LogP contribution in [-0.4, -0.2) is 63.1 Å². The number of piperazine rings is 1. The second-order valence-electron chi connectivity index (χ2n) is 6.06. The van der Waals surface area contributed by atoms with E-state index in [1.807, 2.05) is 19.1 Å². The molecule has 0 radical (unpaired) electrons. The molecule has 124 valence electrons. The molecule has 1 fully saturated rings. The second kappa shape index (κ2) is 7.08. The van der Waals surface area contributed by atoms with Crippen molar-refractivity contribution in [3.05, 3.63) is 29.8 Å². The van der Waals surface area contributed by atoms with Gasteiger partial charge in [0, 0.05) is 38.8 Å². The number of hydrogen-bond acceptors (Lipinski definition) is 4. The van der Waals surface area contributed by atoms with Gasteiger partial charge in [0.05, 0.1) is 11.5 Å². The third-order valence-electron chi connectivity index (χ3n) is 4.28. The Morgan fingerprint density at radius 1 is 1.14 bits per heavy atom. The molecule has 6 heteroatoms. The van der Waals surface area contributed by atoms with Crippen LogP contribution in [0.2, 0.25) is 0 Å². The van der Waals surface area contributed by atoms with E-state index in [0.29, 0.717) is 24.6 Å². The van der Waals surface area contributed by atoms with Crippen LogP contribution in [0.1, 0.15) is 19.4 Å². The minimum absolute atomic E-state index is 0.180. The first-order valence-electron chi connectivity index (χ1n) is 7.67. The fourth-order valence-electron chi connectivity index (χ4n) is 3.00. The van der Waals surface area contributed by atoms with E-state index in [1.165, 1.54) is 0 Å². The summed E-state index contributed by atoms with van der Waals surface area (Å²) in [5.74, 6) is 0. The van der Waals surface area contributed by atoms with E-state index in [4.69, 9.17) is 4.74 Å². The second-order valence-corrected chi connectivity index (χ2v) is 8.00. The van der Waals surface area contributed by atoms with Gasteiger partial charge in [0.2, 0.25) is 10.0 Å². The van der Waals surface area contributed by atoms with E-state index in [2.05, 4.69) is 18.7 Å². The molecular formula is C16H26N2O3S. The highest BCUT2D eigenvalue weighted by Gasteiger charge is 2.35. The number of aryl methyl sites for hydroxylation is 1. The molecule has 0 aromatic heterocycles. The largest absolute Gasteiger partial charge is 0.383 e. The average Bonchev–Trinajstić information content (AvgIpc) is 2.46. The van der Waals surface area contributed by atoms with Crippen LogP contribution in [0.3, 0.4) is 0 Å². The van der Waals surface area contributed by atoms with E-state index < -0.39 is 10.0 Å². The zero-order chi connectivity index (χ0) is 16.3. The van der Waals surface area contributed by atoms with Gasteiger partial charge in [0.1, 0.15) is 0 Å². The summed E-state index contributed by atoms with van der Waals surface area (Å²) in [5, 5.41) is 0. The lowest BCUT2D eigenvalue weighted by Gasteiger charge is -2.43. The van der Waals surface area contributed by atoms with Crippen molar-refractivity contribution in [1.29, 1.82) is 0 Å². The Balaban J connectivity index is 2.15. The summed E-state index contributed by atoms with van der Waals surface area (Å²) in [6.45, 7) is 8.63. The summed E-state index contributed by atoms with van der Waals surface area (Å²) in [6, 6.07) is 7.43. The molecular weight excluding hydrogens is 300 g/mol. The molecule has 0 spiro atoms. The van der Waals surface area contributed by atoms with Gasteiger partial charge in [-0.2, -0.15) is 4.31 Å². The highest BCUT2D eigenvalue weighted by molar-refractivity contribution is 7.89. The number of benzene rings is 1. The fourth-order valence-corrected chi connectivity index (χ4v) is 4.60. The molecule has 1 heterocycles. The summed E-state index contributed by atoms with van der Waals surface area (Å²) < 4.78 is 32.3. The first-order valence-corrected chi connectivity index (χ1v) is 9.11. The number of sulfonamides is 1. The number of rotatable bonds is 5. The van der Waals surface area contributed by atoms with Crippen LogP contribution in [0.15, 0.2) is 29.2 Å². The molecule has 0 unspecified atom stereocenters. The van der Waals surface area contributed by atoms with Crippen molar-refractivity contribution in [3.63, 3.8) is 0 Å². The van der Waals surface area contributed by atoms with Gasteiger partial charge in [-0.05, 0) is 32.9 Å². The smallest absolute Gasteiger partial charge is 0.243 e. The predicted octanol–water partition coefficient (Wildman–Crippen LogP) is 1.72. The molecule has 1 saturated heterocycles. The lowest BCUT2D eigenvalue weighted by Crippen LogP contribution is -2.58. The van der Waals surface area contributed by atoms with Gasteiger partial charge in [0.15, 0.2) is 0 Å². The standard InChI is InChI=1S/C16H26N2O3S/c1-13-5-7-16(8-6-13)22(19,20)17-11-14(2)18(9-10-21-4)15(3)12-17/h5-8,14-15H,9-12H2,1-4H3/t14-,15-/m1/s1. The molecule has 0 saturated carbocycles. The van der Waals surface area contributed by atoms with Gasteiger partial charge in [-0.1, -0.05) is 17.7 Å². The van der Waals surface area contributed by atoms with Gasteiger partial charge in [-0.3, -0.25) is 4.90 Å². The number of nitrogens with zero attached hydrogens (tertiary/aromatic N) is 2. The van der Waals surface area contributed by atoms with Crippen molar-refractivity contribution in [3.8, 4) is 0 Å². The molecule has 0 aliphatic carbocycles. The van der Waals surface area contributed by atoms with E-state index in [0.717, 1.165) is 12.1 Å². The van der Waals surface area contributed by atoms with E-state index >= 15 is 0 Å². The fraction of sp³-hybridized carbons (Fsp3) is 0.625. The maximum Gasteiger partial charge on any atom is 0.243 e. The minimum Gasteiger partial charge on any atom is -0.383 e. The summed E-state index contributed by atoms with van der Waals surface area (Å²) >= 11 is 0. The maximum atomic E-state index is 12.8. The van der Waals surface area contributed by atoms with Crippen molar-refractivity contribution in [2.75, 3.05) is 33.4 Å². The summed E-state index contributed by atoms with van der Waals surface area (Å²) in [6.07, 6.45) is 0. The molecule has 1 aliphatic rings. The van der Waals surface area contributed by atoms with Gasteiger partial charge in [-0.15, -0.1) is 0 Å². The van der Waals surface area contributed by atoms with Gasteiger partial charge >= 0.3 is 0 Å². The first-order chi connectivity index (χ1) is 10.4. The molecule has 0 amide bonds.